The molecule has 0 unspecified atom stereocenters. The van der Waals surface area contributed by atoms with Gasteiger partial charge in [-0.1, -0.05) is 159 Å². The number of nitrogens with zero attached hydrogens (tertiary/aromatic N) is 1. The molecule has 0 N–H and O–H groups in total. The van der Waals surface area contributed by atoms with Crippen molar-refractivity contribution < 1.29 is 4.42 Å². The van der Waals surface area contributed by atoms with Crippen LogP contribution >= 0.6 is 0 Å². The predicted molar refractivity (Wildman–Crippen MR) is 249 cm³/mol. The fourth-order valence-corrected chi connectivity index (χ4v) is 9.89. The number of benzene rings is 10. The molecule has 278 valence electrons. The summed E-state index contributed by atoms with van der Waals surface area (Å²) in [7, 11) is 0. The van der Waals surface area contributed by atoms with E-state index >= 15 is 0 Å². The topological polar surface area (TPSA) is 16.4 Å². The third-order valence-corrected chi connectivity index (χ3v) is 12.8. The van der Waals surface area contributed by atoms with E-state index in [1.807, 2.05) is 0 Å². The van der Waals surface area contributed by atoms with Crippen LogP contribution in [0.2, 0.25) is 0 Å². The summed E-state index contributed by atoms with van der Waals surface area (Å²) in [5.41, 5.74) is 15.0. The molecule has 0 bridgehead atoms. The molecule has 2 heteroatoms. The Morgan fingerprint density at radius 1 is 0.373 bits per heavy atom. The lowest BCUT2D eigenvalue weighted by atomic mass is 9.82. The van der Waals surface area contributed by atoms with Crippen molar-refractivity contribution in [1.29, 1.82) is 0 Å². The van der Waals surface area contributed by atoms with Crippen LogP contribution in [0.1, 0.15) is 25.0 Å². The lowest BCUT2D eigenvalue weighted by Gasteiger charge is -2.30. The van der Waals surface area contributed by atoms with Gasteiger partial charge in [-0.3, -0.25) is 0 Å². The second kappa shape index (κ2) is 12.8. The van der Waals surface area contributed by atoms with Crippen molar-refractivity contribution in [3.8, 4) is 33.4 Å². The molecule has 1 aromatic heterocycles. The normalized spacial score (nSPS) is 13.1. The molecule has 12 rings (SSSR count). The summed E-state index contributed by atoms with van der Waals surface area (Å²) >= 11 is 0. The molecule has 0 amide bonds. The molecule has 2 nitrogen and oxygen atoms in total. The Bertz CT molecular complexity index is 3480. The quantitative estimate of drug-likeness (QED) is 0.163. The number of hydrogen-bond donors (Lipinski definition) is 0. The van der Waals surface area contributed by atoms with Crippen LogP contribution in [0, 0.1) is 0 Å². The van der Waals surface area contributed by atoms with Gasteiger partial charge in [0, 0.05) is 33.1 Å². The monoisotopic (exact) mass is 753 g/mol. The van der Waals surface area contributed by atoms with Crippen molar-refractivity contribution in [3.63, 3.8) is 0 Å². The summed E-state index contributed by atoms with van der Waals surface area (Å²) in [6, 6.07) is 73.3. The van der Waals surface area contributed by atoms with Crippen molar-refractivity contribution in [2.75, 3.05) is 4.90 Å². The third-order valence-electron chi connectivity index (χ3n) is 12.8. The van der Waals surface area contributed by atoms with Crippen molar-refractivity contribution >= 4 is 71.3 Å². The van der Waals surface area contributed by atoms with Crippen LogP contribution in [-0.4, -0.2) is 0 Å². The SMILES string of the molecule is CC1(C)c2ccccc2-c2ccc(N(c3ccc(-c4ccc5c(ccc6ccccc65)c4)cc3)c3ccccc3-c3cccc4oc5cc6ccccc6cc5c34)cc21. The van der Waals surface area contributed by atoms with Gasteiger partial charge in [-0.2, -0.15) is 0 Å². The lowest BCUT2D eigenvalue weighted by Crippen LogP contribution is -2.16. The van der Waals surface area contributed by atoms with Crippen LogP contribution in [0.15, 0.2) is 205 Å². The third kappa shape index (κ3) is 5.20. The summed E-state index contributed by atoms with van der Waals surface area (Å²) in [5.74, 6) is 0. The molecule has 11 aromatic rings. The Morgan fingerprint density at radius 2 is 1.02 bits per heavy atom. The standard InChI is InChI=1S/C57H39NO/c1-57(2)51-19-9-7-16-46(51)47-31-29-43(35-52(47)57)58(42-27-24-36(25-28-42)40-26-30-45-41(32-40)23-22-37-12-5-6-15-44(37)45)53-20-10-8-17-48(53)49-18-11-21-54-56(49)50-33-38-13-3-4-14-39(38)34-55(50)59-54/h3-35H,1-2H3. The van der Waals surface area contributed by atoms with Gasteiger partial charge in [0.05, 0.1) is 5.69 Å². The molecule has 0 saturated heterocycles. The van der Waals surface area contributed by atoms with Crippen LogP contribution in [0.5, 0.6) is 0 Å². The zero-order valence-electron chi connectivity index (χ0n) is 32.9. The van der Waals surface area contributed by atoms with E-state index in [4.69, 9.17) is 4.42 Å². The maximum absolute atomic E-state index is 6.59. The molecule has 59 heavy (non-hydrogen) atoms. The van der Waals surface area contributed by atoms with Gasteiger partial charge in [-0.15, -0.1) is 0 Å². The fraction of sp³-hybridized carbons (Fsp3) is 0.0526. The highest BCUT2D eigenvalue weighted by Crippen LogP contribution is 2.52. The molecule has 0 fully saturated rings. The number of para-hydroxylation sites is 1. The van der Waals surface area contributed by atoms with E-state index in [1.54, 1.807) is 0 Å². The van der Waals surface area contributed by atoms with Crippen LogP contribution in [0.3, 0.4) is 0 Å². The number of anilines is 3. The van der Waals surface area contributed by atoms with E-state index in [0.29, 0.717) is 0 Å². The molecule has 1 heterocycles. The minimum absolute atomic E-state index is 0.136. The minimum Gasteiger partial charge on any atom is -0.456 e. The average Bonchev–Trinajstić information content (AvgIpc) is 3.76. The number of furan rings is 1. The van der Waals surface area contributed by atoms with Crippen molar-refractivity contribution in [3.05, 3.63) is 211 Å². The number of hydrogen-bond acceptors (Lipinski definition) is 2. The van der Waals surface area contributed by atoms with Crippen molar-refractivity contribution in [2.24, 2.45) is 0 Å². The number of rotatable bonds is 5. The highest BCUT2D eigenvalue weighted by molar-refractivity contribution is 6.17. The van der Waals surface area contributed by atoms with Gasteiger partial charge in [0.15, 0.2) is 0 Å². The van der Waals surface area contributed by atoms with Gasteiger partial charge in [-0.05, 0) is 126 Å². The molecule has 0 radical (unpaired) electrons. The summed E-state index contributed by atoms with van der Waals surface area (Å²) in [5, 5.41) is 9.71. The molecule has 1 aliphatic rings. The van der Waals surface area contributed by atoms with E-state index in [2.05, 4.69) is 219 Å². The Labute approximate surface area is 343 Å². The van der Waals surface area contributed by atoms with E-state index in [-0.39, 0.29) is 5.41 Å². The Balaban J connectivity index is 1.04. The smallest absolute Gasteiger partial charge is 0.136 e. The average molecular weight is 754 g/mol. The van der Waals surface area contributed by atoms with E-state index in [0.717, 1.165) is 50.1 Å². The Kier molecular flexibility index (Phi) is 7.31. The second-order valence-electron chi connectivity index (χ2n) is 16.5. The first-order chi connectivity index (χ1) is 29.0. The first-order valence-corrected chi connectivity index (χ1v) is 20.5. The molecule has 1 aliphatic carbocycles. The van der Waals surface area contributed by atoms with Gasteiger partial charge < -0.3 is 9.32 Å². The van der Waals surface area contributed by atoms with E-state index < -0.39 is 0 Å². The first kappa shape index (κ1) is 33.7. The Hall–Kier alpha value is -7.42. The molecular formula is C57H39NO. The van der Waals surface area contributed by atoms with E-state index in [1.165, 1.54) is 65.7 Å². The molecule has 10 aromatic carbocycles. The molecule has 0 spiro atoms. The molecular weight excluding hydrogens is 715 g/mol. The van der Waals surface area contributed by atoms with Crippen LogP contribution in [0.4, 0.5) is 17.1 Å². The van der Waals surface area contributed by atoms with Gasteiger partial charge >= 0.3 is 0 Å². The summed E-state index contributed by atoms with van der Waals surface area (Å²) in [4.78, 5) is 2.45. The first-order valence-electron chi connectivity index (χ1n) is 20.5. The number of fused-ring (bicyclic) bond motifs is 10. The fourth-order valence-electron chi connectivity index (χ4n) is 9.89. The molecule has 0 aliphatic heterocycles. The maximum Gasteiger partial charge on any atom is 0.136 e. The second-order valence-corrected chi connectivity index (χ2v) is 16.5. The lowest BCUT2D eigenvalue weighted by molar-refractivity contribution is 0.660. The summed E-state index contributed by atoms with van der Waals surface area (Å²) in [6.07, 6.45) is 0. The molecule has 0 saturated carbocycles. The van der Waals surface area contributed by atoms with Gasteiger partial charge in [0.2, 0.25) is 0 Å². The van der Waals surface area contributed by atoms with Gasteiger partial charge in [-0.25, -0.2) is 0 Å². The maximum atomic E-state index is 6.59. The van der Waals surface area contributed by atoms with E-state index in [9.17, 15) is 0 Å². The van der Waals surface area contributed by atoms with Crippen LogP contribution in [0.25, 0.3) is 87.6 Å². The molecule has 0 atom stereocenters. The summed E-state index contributed by atoms with van der Waals surface area (Å²) in [6.45, 7) is 4.71. The highest BCUT2D eigenvalue weighted by Gasteiger charge is 2.36. The van der Waals surface area contributed by atoms with Crippen LogP contribution in [-0.2, 0) is 5.41 Å². The van der Waals surface area contributed by atoms with Gasteiger partial charge in [0.25, 0.3) is 0 Å². The highest BCUT2D eigenvalue weighted by atomic mass is 16.3. The van der Waals surface area contributed by atoms with Crippen molar-refractivity contribution in [1.82, 2.24) is 0 Å². The summed E-state index contributed by atoms with van der Waals surface area (Å²) < 4.78 is 6.59. The van der Waals surface area contributed by atoms with Gasteiger partial charge in [0.1, 0.15) is 11.2 Å². The van der Waals surface area contributed by atoms with Crippen molar-refractivity contribution in [2.45, 2.75) is 19.3 Å². The van der Waals surface area contributed by atoms with Crippen LogP contribution < -0.4 is 4.90 Å². The predicted octanol–water partition coefficient (Wildman–Crippen LogP) is 16.2. The largest absolute Gasteiger partial charge is 0.456 e. The minimum atomic E-state index is -0.136. The Morgan fingerprint density at radius 3 is 1.88 bits per heavy atom. The zero-order chi connectivity index (χ0) is 39.2. The zero-order valence-corrected chi connectivity index (χ0v) is 32.9.